The van der Waals surface area contributed by atoms with Crippen LogP contribution in [-0.4, -0.2) is 11.1 Å². The van der Waals surface area contributed by atoms with Crippen LogP contribution >= 0.6 is 0 Å². The summed E-state index contributed by atoms with van der Waals surface area (Å²) in [4.78, 5) is 10.5. The van der Waals surface area contributed by atoms with Crippen molar-refractivity contribution in [2.75, 3.05) is 0 Å². The average molecular weight is 244 g/mol. The molecule has 18 heavy (non-hydrogen) atoms. The zero-order chi connectivity index (χ0) is 13.7. The topological polar surface area (TPSA) is 37.3 Å². The van der Waals surface area contributed by atoms with E-state index in [-0.39, 0.29) is 6.42 Å². The molecule has 0 atom stereocenters. The van der Waals surface area contributed by atoms with Crippen LogP contribution in [0.15, 0.2) is 18.2 Å². The van der Waals surface area contributed by atoms with E-state index in [1.807, 2.05) is 6.07 Å². The highest BCUT2D eigenvalue weighted by Crippen LogP contribution is 2.26. The Labute approximate surface area is 109 Å². The molecule has 0 aliphatic heterocycles. The van der Waals surface area contributed by atoms with Crippen molar-refractivity contribution in [1.29, 1.82) is 0 Å². The number of carbonyl (C=O) groups is 1. The van der Waals surface area contributed by atoms with Gasteiger partial charge in [-0.05, 0) is 23.0 Å². The smallest absolute Gasteiger partial charge is 0.315 e. The van der Waals surface area contributed by atoms with Gasteiger partial charge in [-0.15, -0.1) is 0 Å². The fourth-order valence-electron chi connectivity index (χ4n) is 1.90. The van der Waals surface area contributed by atoms with E-state index in [1.54, 1.807) is 0 Å². The first-order valence-corrected chi connectivity index (χ1v) is 6.27. The predicted octanol–water partition coefficient (Wildman–Crippen LogP) is 3.76. The lowest BCUT2D eigenvalue weighted by Crippen LogP contribution is -2.00. The predicted molar refractivity (Wildman–Crippen MR) is 73.8 cm³/mol. The third kappa shape index (κ3) is 3.63. The summed E-state index contributed by atoms with van der Waals surface area (Å²) in [7, 11) is 0. The largest absolute Gasteiger partial charge is 0.481 e. The summed E-state index contributed by atoms with van der Waals surface area (Å²) in [5, 5.41) is 8.65. The van der Waals surface area contributed by atoms with Crippen molar-refractivity contribution in [1.82, 2.24) is 0 Å². The summed E-state index contributed by atoms with van der Waals surface area (Å²) < 4.78 is 0. The molecule has 1 rings (SSSR count). The van der Waals surface area contributed by atoms with E-state index < -0.39 is 5.97 Å². The zero-order valence-corrected chi connectivity index (χ0v) is 11.4. The molecule has 0 fully saturated rings. The Balaban J connectivity index is 3.25. The van der Waals surface area contributed by atoms with Gasteiger partial charge >= 0.3 is 5.97 Å². The highest BCUT2D eigenvalue weighted by molar-refractivity contribution is 5.70. The molecule has 1 aromatic rings. The molecule has 1 N–H and O–H groups in total. The van der Waals surface area contributed by atoms with Crippen molar-refractivity contribution >= 4 is 5.97 Å². The van der Waals surface area contributed by atoms with Crippen LogP contribution in [-0.2, 0) is 4.79 Å². The number of hydrogen-bond acceptors (Lipinski definition) is 1. The Bertz CT molecular complexity index is 461. The van der Waals surface area contributed by atoms with Crippen molar-refractivity contribution in [2.45, 2.75) is 46.0 Å². The van der Waals surface area contributed by atoms with Crippen LogP contribution in [0.25, 0.3) is 0 Å². The number of aliphatic carboxylic acids is 1. The second-order valence-electron chi connectivity index (χ2n) is 4.99. The Morgan fingerprint density at radius 3 is 2.06 bits per heavy atom. The standard InChI is InChI=1S/C16H20O2/c1-11(2)13-7-5-8-14(12(3)4)15(13)9-6-10-16(17)18/h5,7-8,11-12H,10H2,1-4H3,(H,17,18). The molecule has 0 amide bonds. The van der Waals surface area contributed by atoms with Crippen LogP contribution in [0.5, 0.6) is 0 Å². The first-order valence-electron chi connectivity index (χ1n) is 6.27. The van der Waals surface area contributed by atoms with Crippen molar-refractivity contribution in [3.8, 4) is 11.8 Å². The first kappa shape index (κ1) is 14.3. The van der Waals surface area contributed by atoms with Gasteiger partial charge in [-0.25, -0.2) is 0 Å². The molecule has 0 aliphatic carbocycles. The minimum absolute atomic E-state index is 0.107. The minimum Gasteiger partial charge on any atom is -0.481 e. The van der Waals surface area contributed by atoms with E-state index >= 15 is 0 Å². The summed E-state index contributed by atoms with van der Waals surface area (Å²) in [6.45, 7) is 8.51. The summed E-state index contributed by atoms with van der Waals surface area (Å²) in [5.74, 6) is 5.68. The zero-order valence-electron chi connectivity index (χ0n) is 11.4. The van der Waals surface area contributed by atoms with Gasteiger partial charge in [0.05, 0.1) is 0 Å². The fraction of sp³-hybridized carbons (Fsp3) is 0.438. The average Bonchev–Trinajstić information content (AvgIpc) is 2.28. The molecule has 0 spiro atoms. The molecule has 0 unspecified atom stereocenters. The van der Waals surface area contributed by atoms with Crippen molar-refractivity contribution < 1.29 is 9.90 Å². The fourth-order valence-corrected chi connectivity index (χ4v) is 1.90. The molecular formula is C16H20O2. The van der Waals surface area contributed by atoms with Crippen LogP contribution < -0.4 is 0 Å². The van der Waals surface area contributed by atoms with Gasteiger partial charge in [0, 0.05) is 5.56 Å². The Morgan fingerprint density at radius 2 is 1.67 bits per heavy atom. The van der Waals surface area contributed by atoms with Gasteiger partial charge in [0.25, 0.3) is 0 Å². The lowest BCUT2D eigenvalue weighted by Gasteiger charge is -2.15. The van der Waals surface area contributed by atoms with E-state index in [2.05, 4.69) is 51.7 Å². The van der Waals surface area contributed by atoms with Crippen LogP contribution in [0.4, 0.5) is 0 Å². The van der Waals surface area contributed by atoms with Crippen molar-refractivity contribution in [3.63, 3.8) is 0 Å². The maximum Gasteiger partial charge on any atom is 0.315 e. The van der Waals surface area contributed by atoms with Gasteiger partial charge in [0.2, 0.25) is 0 Å². The number of rotatable bonds is 3. The number of hydrogen-bond donors (Lipinski definition) is 1. The molecule has 0 saturated carbocycles. The molecule has 96 valence electrons. The summed E-state index contributed by atoms with van der Waals surface area (Å²) in [6, 6.07) is 6.19. The van der Waals surface area contributed by atoms with E-state index in [0.29, 0.717) is 11.8 Å². The van der Waals surface area contributed by atoms with Crippen molar-refractivity contribution in [3.05, 3.63) is 34.9 Å². The third-order valence-electron chi connectivity index (χ3n) is 2.83. The lowest BCUT2D eigenvalue weighted by molar-refractivity contribution is -0.135. The summed E-state index contributed by atoms with van der Waals surface area (Å²) >= 11 is 0. The van der Waals surface area contributed by atoms with Gasteiger partial charge in [0.1, 0.15) is 6.42 Å². The van der Waals surface area contributed by atoms with E-state index in [4.69, 9.17) is 5.11 Å². The van der Waals surface area contributed by atoms with Crippen LogP contribution in [0.2, 0.25) is 0 Å². The molecule has 0 radical (unpaired) electrons. The molecule has 2 heteroatoms. The monoisotopic (exact) mass is 244 g/mol. The molecule has 1 aromatic carbocycles. The van der Waals surface area contributed by atoms with E-state index in [1.165, 1.54) is 11.1 Å². The minimum atomic E-state index is -0.879. The molecule has 0 saturated heterocycles. The van der Waals surface area contributed by atoms with E-state index in [0.717, 1.165) is 5.56 Å². The van der Waals surface area contributed by atoms with Crippen LogP contribution in [0, 0.1) is 11.8 Å². The highest BCUT2D eigenvalue weighted by Gasteiger charge is 2.11. The molecule has 0 aliphatic rings. The lowest BCUT2D eigenvalue weighted by atomic mass is 9.89. The van der Waals surface area contributed by atoms with Gasteiger partial charge in [-0.1, -0.05) is 57.7 Å². The maximum atomic E-state index is 10.5. The van der Waals surface area contributed by atoms with Gasteiger partial charge < -0.3 is 5.11 Å². The molecular weight excluding hydrogens is 224 g/mol. The molecule has 0 heterocycles. The Morgan fingerprint density at radius 1 is 1.17 bits per heavy atom. The second-order valence-corrected chi connectivity index (χ2v) is 4.99. The van der Waals surface area contributed by atoms with Crippen LogP contribution in [0.1, 0.15) is 62.6 Å². The number of carboxylic acid groups (broad SMARTS) is 1. The van der Waals surface area contributed by atoms with Crippen molar-refractivity contribution in [2.24, 2.45) is 0 Å². The summed E-state index contributed by atoms with van der Waals surface area (Å²) in [5.41, 5.74) is 3.39. The SMILES string of the molecule is CC(C)c1cccc(C(C)C)c1C#CCC(=O)O. The van der Waals surface area contributed by atoms with E-state index in [9.17, 15) is 4.79 Å². The molecule has 0 aromatic heterocycles. The molecule has 2 nitrogen and oxygen atoms in total. The maximum absolute atomic E-state index is 10.5. The highest BCUT2D eigenvalue weighted by atomic mass is 16.4. The van der Waals surface area contributed by atoms with Crippen LogP contribution in [0.3, 0.4) is 0 Å². The quantitative estimate of drug-likeness (QED) is 0.822. The first-order chi connectivity index (χ1) is 8.43. The third-order valence-corrected chi connectivity index (χ3v) is 2.83. The number of carboxylic acids is 1. The normalized spacial score (nSPS) is 10.3. The molecule has 0 bridgehead atoms. The Hall–Kier alpha value is -1.75. The summed E-state index contributed by atoms with van der Waals surface area (Å²) in [6.07, 6.45) is -0.107. The van der Waals surface area contributed by atoms with Gasteiger partial charge in [0.15, 0.2) is 0 Å². The number of benzene rings is 1. The Kier molecular flexibility index (Phi) is 4.97. The second kappa shape index (κ2) is 6.26. The van der Waals surface area contributed by atoms with Gasteiger partial charge in [-0.2, -0.15) is 0 Å². The van der Waals surface area contributed by atoms with Gasteiger partial charge in [-0.3, -0.25) is 4.79 Å².